The van der Waals surface area contributed by atoms with Crippen molar-refractivity contribution in [1.82, 2.24) is 20.0 Å². The molecule has 1 aromatic rings. The Morgan fingerprint density at radius 2 is 1.49 bits per heavy atom. The van der Waals surface area contributed by atoms with Gasteiger partial charge in [0.1, 0.15) is 13.3 Å². The van der Waals surface area contributed by atoms with E-state index in [1.807, 2.05) is 34.1 Å². The molecule has 3 aliphatic rings. The van der Waals surface area contributed by atoms with Gasteiger partial charge in [0, 0.05) is 42.3 Å². The summed E-state index contributed by atoms with van der Waals surface area (Å²) in [6.07, 6.45) is 10.8. The summed E-state index contributed by atoms with van der Waals surface area (Å²) in [7, 11) is 0. The first-order chi connectivity index (χ1) is 19.9. The van der Waals surface area contributed by atoms with Crippen LogP contribution in [-0.2, 0) is 11.2 Å². The number of nitrogens with zero attached hydrogens (tertiary/aromatic N) is 3. The zero-order valence-electron chi connectivity index (χ0n) is 24.3. The second-order valence-corrected chi connectivity index (χ2v) is 12.5. The number of halogens is 3. The normalized spacial score (nSPS) is 23.3. The lowest BCUT2D eigenvalue weighted by molar-refractivity contribution is -0.135. The molecule has 3 amide bonds. The van der Waals surface area contributed by atoms with Gasteiger partial charge in [0.05, 0.1) is 19.1 Å². The molecule has 2 saturated carbocycles. The minimum Gasteiger partial charge on any atom is -0.341 e. The lowest BCUT2D eigenvalue weighted by Gasteiger charge is -2.45. The van der Waals surface area contributed by atoms with Crippen LogP contribution in [0.2, 0.25) is 5.02 Å². The molecule has 7 nitrogen and oxygen atoms in total. The van der Waals surface area contributed by atoms with Crippen molar-refractivity contribution in [3.63, 3.8) is 0 Å². The number of hydrogen-bond acceptors (Lipinski definition) is 4. The van der Waals surface area contributed by atoms with E-state index in [0.717, 1.165) is 63.4 Å². The van der Waals surface area contributed by atoms with Crippen LogP contribution in [0.1, 0.15) is 76.2 Å². The summed E-state index contributed by atoms with van der Waals surface area (Å²) in [5.41, 5.74) is 7.18. The number of benzene rings is 1. The molecule has 3 fully saturated rings. The van der Waals surface area contributed by atoms with Crippen LogP contribution < -0.4 is 11.1 Å². The molecule has 1 aliphatic heterocycles. The number of amides is 3. The standard InChI is InChI=1S/C31H48ClF2N5O2/c32-24-8-6-23(7-9-24)22-29(36-26-12-10-25(35)11-13-26)30(40)37-18-14-28(15-19-37)39(27-4-2-1-3-5-27)31(41)38(20-16-33)21-17-34/h6-9,25-29,36H,1-5,10-22,35H2/t25?,26?,29-/m1/s1. The number of nitrogens with one attached hydrogen (secondary N) is 1. The van der Waals surface area contributed by atoms with Crippen molar-refractivity contribution in [2.75, 3.05) is 39.5 Å². The van der Waals surface area contributed by atoms with E-state index in [9.17, 15) is 18.4 Å². The average molecular weight is 596 g/mol. The maximum absolute atomic E-state index is 13.9. The zero-order valence-corrected chi connectivity index (χ0v) is 25.0. The smallest absolute Gasteiger partial charge is 0.320 e. The van der Waals surface area contributed by atoms with E-state index in [-0.39, 0.29) is 55.2 Å². The molecule has 230 valence electrons. The molecule has 0 spiro atoms. The van der Waals surface area contributed by atoms with Crippen LogP contribution in [0.4, 0.5) is 13.6 Å². The molecule has 1 atom stereocenters. The Morgan fingerprint density at radius 3 is 2.07 bits per heavy atom. The van der Waals surface area contributed by atoms with Gasteiger partial charge in [-0.15, -0.1) is 0 Å². The number of carbonyl (C=O) groups is 2. The molecule has 10 heteroatoms. The highest BCUT2D eigenvalue weighted by atomic mass is 35.5. The van der Waals surface area contributed by atoms with Crippen molar-refractivity contribution in [1.29, 1.82) is 0 Å². The highest BCUT2D eigenvalue weighted by Crippen LogP contribution is 2.30. The molecule has 41 heavy (non-hydrogen) atoms. The Balaban J connectivity index is 1.44. The highest BCUT2D eigenvalue weighted by molar-refractivity contribution is 6.30. The molecule has 1 saturated heterocycles. The first kappa shape index (κ1) is 32.0. The quantitative estimate of drug-likeness (QED) is 0.373. The Bertz CT molecular complexity index is 942. The molecule has 1 heterocycles. The summed E-state index contributed by atoms with van der Waals surface area (Å²) < 4.78 is 26.5. The van der Waals surface area contributed by atoms with Crippen LogP contribution in [0, 0.1) is 0 Å². The predicted octanol–water partition coefficient (Wildman–Crippen LogP) is 5.10. The molecule has 0 bridgehead atoms. The molecule has 4 rings (SSSR count). The Hall–Kier alpha value is -1.97. The van der Waals surface area contributed by atoms with Gasteiger partial charge in [-0.3, -0.25) is 4.79 Å². The number of piperidine rings is 1. The molecule has 0 aromatic heterocycles. The van der Waals surface area contributed by atoms with Crippen molar-refractivity contribution in [3.8, 4) is 0 Å². The van der Waals surface area contributed by atoms with Gasteiger partial charge in [-0.1, -0.05) is 43.0 Å². The van der Waals surface area contributed by atoms with Crippen LogP contribution >= 0.6 is 11.6 Å². The third-order valence-corrected chi connectivity index (χ3v) is 9.45. The first-order valence-electron chi connectivity index (χ1n) is 15.6. The van der Waals surface area contributed by atoms with Crippen LogP contribution in [-0.4, -0.2) is 96.4 Å². The number of rotatable bonds is 11. The van der Waals surface area contributed by atoms with E-state index in [1.165, 1.54) is 4.90 Å². The largest absolute Gasteiger partial charge is 0.341 e. The number of alkyl halides is 2. The molecule has 0 unspecified atom stereocenters. The zero-order chi connectivity index (χ0) is 29.2. The monoisotopic (exact) mass is 595 g/mol. The van der Waals surface area contributed by atoms with E-state index in [2.05, 4.69) is 5.32 Å². The lowest BCUT2D eigenvalue weighted by Crippen LogP contribution is -2.59. The summed E-state index contributed by atoms with van der Waals surface area (Å²) in [6.45, 7) is -0.444. The number of urea groups is 1. The van der Waals surface area contributed by atoms with Crippen LogP contribution in [0.15, 0.2) is 24.3 Å². The van der Waals surface area contributed by atoms with Crippen LogP contribution in [0.5, 0.6) is 0 Å². The minimum atomic E-state index is -0.688. The van der Waals surface area contributed by atoms with E-state index >= 15 is 0 Å². The number of hydrogen-bond donors (Lipinski definition) is 2. The van der Waals surface area contributed by atoms with E-state index < -0.39 is 13.3 Å². The van der Waals surface area contributed by atoms with E-state index in [4.69, 9.17) is 17.3 Å². The van der Waals surface area contributed by atoms with Gasteiger partial charge in [0.15, 0.2) is 0 Å². The molecule has 1 aromatic carbocycles. The van der Waals surface area contributed by atoms with Crippen molar-refractivity contribution in [2.24, 2.45) is 5.73 Å². The Kier molecular flexibility index (Phi) is 12.5. The van der Waals surface area contributed by atoms with Gasteiger partial charge in [-0.2, -0.15) is 0 Å². The fourth-order valence-corrected chi connectivity index (χ4v) is 7.00. The molecule has 2 aliphatic carbocycles. The number of likely N-dealkylation sites (tertiary alicyclic amines) is 1. The summed E-state index contributed by atoms with van der Waals surface area (Å²) in [4.78, 5) is 32.8. The topological polar surface area (TPSA) is 81.9 Å². The number of carbonyl (C=O) groups excluding carboxylic acids is 2. The summed E-state index contributed by atoms with van der Waals surface area (Å²) in [5.74, 6) is 0.0836. The average Bonchev–Trinajstić information content (AvgIpc) is 2.99. The van der Waals surface area contributed by atoms with Crippen molar-refractivity contribution >= 4 is 23.5 Å². The van der Waals surface area contributed by atoms with Crippen molar-refractivity contribution in [2.45, 2.75) is 107 Å². The third-order valence-electron chi connectivity index (χ3n) is 9.20. The van der Waals surface area contributed by atoms with Gasteiger partial charge >= 0.3 is 6.03 Å². The van der Waals surface area contributed by atoms with Crippen molar-refractivity contribution in [3.05, 3.63) is 34.9 Å². The second-order valence-electron chi connectivity index (χ2n) is 12.1. The van der Waals surface area contributed by atoms with Crippen molar-refractivity contribution < 1.29 is 18.4 Å². The Morgan fingerprint density at radius 1 is 0.902 bits per heavy atom. The molecular weight excluding hydrogens is 548 g/mol. The van der Waals surface area contributed by atoms with Crippen LogP contribution in [0.25, 0.3) is 0 Å². The number of nitrogens with two attached hydrogens (primary N) is 1. The van der Waals surface area contributed by atoms with Crippen LogP contribution in [0.3, 0.4) is 0 Å². The molecule has 3 N–H and O–H groups in total. The maximum Gasteiger partial charge on any atom is 0.320 e. The van der Waals surface area contributed by atoms with Gasteiger partial charge in [0.25, 0.3) is 0 Å². The Labute approximate surface area is 249 Å². The fraction of sp³-hybridized carbons (Fsp3) is 0.742. The third kappa shape index (κ3) is 9.01. The summed E-state index contributed by atoms with van der Waals surface area (Å²) >= 11 is 6.10. The maximum atomic E-state index is 13.9. The highest BCUT2D eigenvalue weighted by Gasteiger charge is 2.38. The molecular formula is C31H48ClF2N5O2. The van der Waals surface area contributed by atoms with E-state index in [1.54, 1.807) is 0 Å². The van der Waals surface area contributed by atoms with E-state index in [0.29, 0.717) is 37.4 Å². The second kappa shape index (κ2) is 16.0. The van der Waals surface area contributed by atoms with Gasteiger partial charge in [-0.05, 0) is 75.5 Å². The SMILES string of the molecule is NC1CCC(N[C@H](Cc2ccc(Cl)cc2)C(=O)N2CCC(N(C(=O)N(CCF)CCF)C3CCCCC3)CC2)CC1. The summed E-state index contributed by atoms with van der Waals surface area (Å²) in [6, 6.07) is 7.58. The lowest BCUT2D eigenvalue weighted by atomic mass is 9.90. The summed E-state index contributed by atoms with van der Waals surface area (Å²) in [5, 5.41) is 4.33. The molecule has 0 radical (unpaired) electrons. The fourth-order valence-electron chi connectivity index (χ4n) is 6.87. The minimum absolute atomic E-state index is 0.0427. The van der Waals surface area contributed by atoms with Gasteiger partial charge < -0.3 is 25.8 Å². The first-order valence-corrected chi connectivity index (χ1v) is 16.0. The van der Waals surface area contributed by atoms with Gasteiger partial charge in [-0.25, -0.2) is 13.6 Å². The predicted molar refractivity (Wildman–Crippen MR) is 160 cm³/mol. The van der Waals surface area contributed by atoms with Gasteiger partial charge in [0.2, 0.25) is 5.91 Å².